The van der Waals surface area contributed by atoms with Crippen LogP contribution in [0.2, 0.25) is 0 Å². The number of methoxy groups -OCH3 is 2. The minimum Gasteiger partial charge on any atom is -0.493 e. The van der Waals surface area contributed by atoms with Gasteiger partial charge in [-0.1, -0.05) is 36.4 Å². The highest BCUT2D eigenvalue weighted by Gasteiger charge is 2.07. The third-order valence-electron chi connectivity index (χ3n) is 3.54. The Labute approximate surface area is 137 Å². The Balaban J connectivity index is 1.75. The second kappa shape index (κ2) is 8.83. The third-order valence-corrected chi connectivity index (χ3v) is 3.54. The molecule has 23 heavy (non-hydrogen) atoms. The van der Waals surface area contributed by atoms with E-state index in [0.29, 0.717) is 24.5 Å². The van der Waals surface area contributed by atoms with Crippen LogP contribution in [0.5, 0.6) is 11.5 Å². The Bertz CT molecular complexity index is 623. The molecule has 0 fully saturated rings. The first-order chi connectivity index (χ1) is 11.2. The molecule has 0 aromatic heterocycles. The molecule has 0 saturated heterocycles. The lowest BCUT2D eigenvalue weighted by Gasteiger charge is -2.09. The van der Waals surface area contributed by atoms with E-state index >= 15 is 0 Å². The highest BCUT2D eigenvalue weighted by atomic mass is 16.5. The minimum absolute atomic E-state index is 0.172. The number of hydrogen-bond donors (Lipinski definition) is 0. The fourth-order valence-electron chi connectivity index (χ4n) is 2.28. The summed E-state index contributed by atoms with van der Waals surface area (Å²) in [5.74, 6) is 1.24. The van der Waals surface area contributed by atoms with Crippen molar-refractivity contribution in [2.75, 3.05) is 14.2 Å². The summed E-state index contributed by atoms with van der Waals surface area (Å²) in [4.78, 5) is 11.8. The van der Waals surface area contributed by atoms with E-state index in [-0.39, 0.29) is 5.97 Å². The summed E-state index contributed by atoms with van der Waals surface area (Å²) in [6, 6.07) is 15.5. The lowest BCUT2D eigenvalue weighted by atomic mass is 10.1. The lowest BCUT2D eigenvalue weighted by molar-refractivity contribution is -0.145. The molecule has 2 aromatic carbocycles. The molecule has 0 aliphatic carbocycles. The molecule has 0 spiro atoms. The van der Waals surface area contributed by atoms with Crippen LogP contribution in [-0.2, 0) is 22.6 Å². The summed E-state index contributed by atoms with van der Waals surface area (Å²) in [5.41, 5.74) is 2.11. The summed E-state index contributed by atoms with van der Waals surface area (Å²) in [6.07, 6.45) is 1.94. The molecule has 2 aromatic rings. The van der Waals surface area contributed by atoms with Crippen molar-refractivity contribution in [3.8, 4) is 11.5 Å². The number of ether oxygens (including phenoxy) is 3. The maximum atomic E-state index is 11.8. The van der Waals surface area contributed by atoms with Gasteiger partial charge in [0.15, 0.2) is 11.5 Å². The molecule has 2 rings (SSSR count). The monoisotopic (exact) mass is 314 g/mol. The van der Waals surface area contributed by atoms with E-state index in [1.54, 1.807) is 14.2 Å². The molecule has 0 heterocycles. The van der Waals surface area contributed by atoms with Crippen LogP contribution in [0.15, 0.2) is 48.5 Å². The molecule has 0 bridgehead atoms. The first kappa shape index (κ1) is 16.9. The zero-order valence-electron chi connectivity index (χ0n) is 13.6. The maximum Gasteiger partial charge on any atom is 0.306 e. The van der Waals surface area contributed by atoms with Crippen molar-refractivity contribution in [2.24, 2.45) is 0 Å². The van der Waals surface area contributed by atoms with Crippen LogP contribution >= 0.6 is 0 Å². The Kier molecular flexibility index (Phi) is 6.48. The van der Waals surface area contributed by atoms with Crippen molar-refractivity contribution in [1.29, 1.82) is 0 Å². The fraction of sp³-hybridized carbons (Fsp3) is 0.316. The number of hydrogen-bond acceptors (Lipinski definition) is 4. The number of benzene rings is 2. The second-order valence-electron chi connectivity index (χ2n) is 5.19. The molecule has 0 unspecified atom stereocenters. The van der Waals surface area contributed by atoms with Crippen LogP contribution < -0.4 is 9.47 Å². The molecule has 0 radical (unpaired) electrons. The van der Waals surface area contributed by atoms with Crippen LogP contribution in [0, 0.1) is 0 Å². The van der Waals surface area contributed by atoms with Gasteiger partial charge < -0.3 is 14.2 Å². The predicted molar refractivity (Wildman–Crippen MR) is 88.7 cm³/mol. The predicted octanol–water partition coefficient (Wildman–Crippen LogP) is 3.77. The van der Waals surface area contributed by atoms with Gasteiger partial charge in [-0.2, -0.15) is 0 Å². The molecule has 0 aliphatic heterocycles. The molecule has 0 N–H and O–H groups in total. The van der Waals surface area contributed by atoms with E-state index < -0.39 is 0 Å². The second-order valence-corrected chi connectivity index (χ2v) is 5.19. The van der Waals surface area contributed by atoms with Gasteiger partial charge in [-0.3, -0.25) is 4.79 Å². The number of carbonyl (C=O) groups is 1. The molecular weight excluding hydrogens is 292 g/mol. The van der Waals surface area contributed by atoms with Crippen molar-refractivity contribution < 1.29 is 19.0 Å². The van der Waals surface area contributed by atoms with Gasteiger partial charge >= 0.3 is 5.97 Å². The van der Waals surface area contributed by atoms with Gasteiger partial charge in [0, 0.05) is 6.42 Å². The van der Waals surface area contributed by atoms with Crippen molar-refractivity contribution in [1.82, 2.24) is 0 Å². The first-order valence-electron chi connectivity index (χ1n) is 7.63. The van der Waals surface area contributed by atoms with Crippen LogP contribution in [-0.4, -0.2) is 20.2 Å². The topological polar surface area (TPSA) is 44.8 Å². The van der Waals surface area contributed by atoms with Gasteiger partial charge in [0.05, 0.1) is 14.2 Å². The highest BCUT2D eigenvalue weighted by molar-refractivity contribution is 5.69. The van der Waals surface area contributed by atoms with Gasteiger partial charge in [0.2, 0.25) is 0 Å². The standard InChI is InChI=1S/C19H22O4/c1-21-17-12-11-15(13-18(17)22-2)9-6-10-19(20)23-14-16-7-4-3-5-8-16/h3-5,7-8,11-13H,6,9-10,14H2,1-2H3. The SMILES string of the molecule is COc1ccc(CCCC(=O)OCc2ccccc2)cc1OC. The Morgan fingerprint density at radius 3 is 2.35 bits per heavy atom. The summed E-state index contributed by atoms with van der Waals surface area (Å²) in [5, 5.41) is 0. The minimum atomic E-state index is -0.172. The molecule has 0 amide bonds. The molecule has 4 nitrogen and oxygen atoms in total. The third kappa shape index (κ3) is 5.33. The van der Waals surface area contributed by atoms with E-state index in [2.05, 4.69) is 0 Å². The molecule has 122 valence electrons. The van der Waals surface area contributed by atoms with Gasteiger partial charge in [-0.25, -0.2) is 0 Å². The van der Waals surface area contributed by atoms with Crippen LogP contribution in [0.25, 0.3) is 0 Å². The quantitative estimate of drug-likeness (QED) is 0.696. The van der Waals surface area contributed by atoms with Crippen molar-refractivity contribution in [3.05, 3.63) is 59.7 Å². The van der Waals surface area contributed by atoms with Crippen molar-refractivity contribution in [3.63, 3.8) is 0 Å². The Morgan fingerprint density at radius 2 is 1.65 bits per heavy atom. The zero-order chi connectivity index (χ0) is 16.5. The van der Waals surface area contributed by atoms with Crippen molar-refractivity contribution >= 4 is 5.97 Å². The zero-order valence-corrected chi connectivity index (χ0v) is 13.6. The summed E-state index contributed by atoms with van der Waals surface area (Å²) in [6.45, 7) is 0.329. The number of aryl methyl sites for hydroxylation is 1. The van der Waals surface area contributed by atoms with Gasteiger partial charge in [0.25, 0.3) is 0 Å². The summed E-state index contributed by atoms with van der Waals surface area (Å²) in [7, 11) is 3.23. The van der Waals surface area contributed by atoms with Crippen LogP contribution in [0.3, 0.4) is 0 Å². The lowest BCUT2D eigenvalue weighted by Crippen LogP contribution is -2.05. The molecular formula is C19H22O4. The normalized spacial score (nSPS) is 10.2. The average molecular weight is 314 g/mol. The van der Waals surface area contributed by atoms with E-state index in [0.717, 1.165) is 24.0 Å². The van der Waals surface area contributed by atoms with Gasteiger partial charge in [-0.15, -0.1) is 0 Å². The van der Waals surface area contributed by atoms with E-state index in [4.69, 9.17) is 14.2 Å². The Hall–Kier alpha value is -2.49. The Morgan fingerprint density at radius 1 is 0.913 bits per heavy atom. The highest BCUT2D eigenvalue weighted by Crippen LogP contribution is 2.28. The molecule has 0 atom stereocenters. The summed E-state index contributed by atoms with van der Waals surface area (Å²) >= 11 is 0. The van der Waals surface area contributed by atoms with E-state index in [1.165, 1.54) is 0 Å². The van der Waals surface area contributed by atoms with Crippen LogP contribution in [0.4, 0.5) is 0 Å². The largest absolute Gasteiger partial charge is 0.493 e. The first-order valence-corrected chi connectivity index (χ1v) is 7.63. The number of esters is 1. The number of rotatable bonds is 8. The van der Waals surface area contributed by atoms with E-state index in [9.17, 15) is 4.79 Å². The number of carbonyl (C=O) groups excluding carboxylic acids is 1. The van der Waals surface area contributed by atoms with E-state index in [1.807, 2.05) is 48.5 Å². The summed E-state index contributed by atoms with van der Waals surface area (Å²) < 4.78 is 15.7. The van der Waals surface area contributed by atoms with Crippen molar-refractivity contribution in [2.45, 2.75) is 25.9 Å². The van der Waals surface area contributed by atoms with Gasteiger partial charge in [0.1, 0.15) is 6.61 Å². The molecule has 4 heteroatoms. The fourth-order valence-corrected chi connectivity index (χ4v) is 2.28. The smallest absolute Gasteiger partial charge is 0.306 e. The maximum absolute atomic E-state index is 11.8. The molecule has 0 saturated carbocycles. The van der Waals surface area contributed by atoms with Gasteiger partial charge in [-0.05, 0) is 36.1 Å². The molecule has 0 aliphatic rings. The average Bonchev–Trinajstić information content (AvgIpc) is 2.60. The van der Waals surface area contributed by atoms with Crippen LogP contribution in [0.1, 0.15) is 24.0 Å².